The standard InChI is InChI=1S/C13H26N4O/c1-16-8-10-17(11-9-16)7-6-15-13(18)12-4-2-3-5-14-12/h12,14H,2-11H2,1H3,(H,15,18)/t12-/m0/s1. The van der Waals surface area contributed by atoms with Crippen molar-refractivity contribution in [3.63, 3.8) is 0 Å². The third kappa shape index (κ3) is 4.23. The molecule has 0 aromatic rings. The fourth-order valence-corrected chi connectivity index (χ4v) is 2.61. The van der Waals surface area contributed by atoms with Crippen molar-refractivity contribution in [2.45, 2.75) is 25.3 Å². The summed E-state index contributed by atoms with van der Waals surface area (Å²) in [5.41, 5.74) is 0. The topological polar surface area (TPSA) is 47.6 Å². The first-order valence-electron chi connectivity index (χ1n) is 7.18. The zero-order valence-corrected chi connectivity index (χ0v) is 11.5. The predicted octanol–water partition coefficient (Wildman–Crippen LogP) is -0.508. The number of hydrogen-bond donors (Lipinski definition) is 2. The molecule has 104 valence electrons. The highest BCUT2D eigenvalue weighted by atomic mass is 16.2. The summed E-state index contributed by atoms with van der Waals surface area (Å²) >= 11 is 0. The van der Waals surface area contributed by atoms with Gasteiger partial charge in [-0.15, -0.1) is 0 Å². The smallest absolute Gasteiger partial charge is 0.237 e. The summed E-state index contributed by atoms with van der Waals surface area (Å²) in [6.45, 7) is 7.25. The molecule has 5 nitrogen and oxygen atoms in total. The van der Waals surface area contributed by atoms with Crippen LogP contribution in [-0.4, -0.2) is 74.6 Å². The molecule has 0 bridgehead atoms. The van der Waals surface area contributed by atoms with E-state index >= 15 is 0 Å². The van der Waals surface area contributed by atoms with Crippen LogP contribution >= 0.6 is 0 Å². The molecule has 0 saturated carbocycles. The Labute approximate surface area is 110 Å². The van der Waals surface area contributed by atoms with Crippen molar-refractivity contribution in [3.05, 3.63) is 0 Å². The lowest BCUT2D eigenvalue weighted by molar-refractivity contribution is -0.123. The van der Waals surface area contributed by atoms with Crippen LogP contribution in [0.2, 0.25) is 0 Å². The third-order valence-corrected chi connectivity index (χ3v) is 3.95. The lowest BCUT2D eigenvalue weighted by Crippen LogP contribution is -2.50. The van der Waals surface area contributed by atoms with Crippen LogP contribution in [-0.2, 0) is 4.79 Å². The minimum absolute atomic E-state index is 0.0474. The number of rotatable bonds is 4. The van der Waals surface area contributed by atoms with Crippen LogP contribution in [0.5, 0.6) is 0 Å². The van der Waals surface area contributed by atoms with Gasteiger partial charge >= 0.3 is 0 Å². The minimum atomic E-state index is 0.0474. The molecular formula is C13H26N4O. The summed E-state index contributed by atoms with van der Waals surface area (Å²) in [7, 11) is 2.16. The molecule has 0 unspecified atom stereocenters. The average molecular weight is 254 g/mol. The molecule has 2 aliphatic heterocycles. The van der Waals surface area contributed by atoms with E-state index in [-0.39, 0.29) is 11.9 Å². The summed E-state index contributed by atoms with van der Waals surface area (Å²) in [5, 5.41) is 6.33. The fourth-order valence-electron chi connectivity index (χ4n) is 2.61. The molecule has 2 aliphatic rings. The number of carbonyl (C=O) groups is 1. The van der Waals surface area contributed by atoms with E-state index in [9.17, 15) is 4.79 Å². The zero-order chi connectivity index (χ0) is 12.8. The lowest BCUT2D eigenvalue weighted by Gasteiger charge is -2.32. The zero-order valence-electron chi connectivity index (χ0n) is 11.5. The Kier molecular flexibility index (Phi) is 5.41. The van der Waals surface area contributed by atoms with Gasteiger partial charge in [-0.25, -0.2) is 0 Å². The van der Waals surface area contributed by atoms with Gasteiger partial charge in [0.15, 0.2) is 0 Å². The number of piperidine rings is 1. The van der Waals surface area contributed by atoms with Crippen LogP contribution in [0.15, 0.2) is 0 Å². The number of likely N-dealkylation sites (N-methyl/N-ethyl adjacent to an activating group) is 1. The molecule has 0 aromatic carbocycles. The third-order valence-electron chi connectivity index (χ3n) is 3.95. The molecule has 2 heterocycles. The molecule has 5 heteroatoms. The molecule has 2 rings (SSSR count). The van der Waals surface area contributed by atoms with Crippen LogP contribution < -0.4 is 10.6 Å². The van der Waals surface area contributed by atoms with Crippen molar-refractivity contribution in [1.29, 1.82) is 0 Å². The van der Waals surface area contributed by atoms with E-state index in [1.165, 1.54) is 12.8 Å². The quantitative estimate of drug-likeness (QED) is 0.709. The van der Waals surface area contributed by atoms with E-state index in [0.717, 1.165) is 52.2 Å². The van der Waals surface area contributed by atoms with Gasteiger partial charge in [0, 0.05) is 39.3 Å². The normalized spacial score (nSPS) is 27.1. The molecule has 0 spiro atoms. The van der Waals surface area contributed by atoms with E-state index in [4.69, 9.17) is 0 Å². The summed E-state index contributed by atoms with van der Waals surface area (Å²) in [6.07, 6.45) is 3.36. The Balaban J connectivity index is 1.58. The molecular weight excluding hydrogens is 228 g/mol. The van der Waals surface area contributed by atoms with Gasteiger partial charge in [0.1, 0.15) is 0 Å². The molecule has 2 saturated heterocycles. The highest BCUT2D eigenvalue weighted by Gasteiger charge is 2.20. The monoisotopic (exact) mass is 254 g/mol. The number of carbonyl (C=O) groups excluding carboxylic acids is 1. The van der Waals surface area contributed by atoms with Crippen molar-refractivity contribution in [3.8, 4) is 0 Å². The first-order valence-corrected chi connectivity index (χ1v) is 7.18. The summed E-state index contributed by atoms with van der Waals surface area (Å²) < 4.78 is 0. The molecule has 0 radical (unpaired) electrons. The van der Waals surface area contributed by atoms with Gasteiger partial charge in [-0.1, -0.05) is 6.42 Å². The predicted molar refractivity (Wildman–Crippen MR) is 72.6 cm³/mol. The Hall–Kier alpha value is -0.650. The van der Waals surface area contributed by atoms with Crippen LogP contribution in [0.4, 0.5) is 0 Å². The first kappa shape index (κ1) is 13.8. The number of amides is 1. The van der Waals surface area contributed by atoms with Gasteiger partial charge in [0.05, 0.1) is 6.04 Å². The number of nitrogens with zero attached hydrogens (tertiary/aromatic N) is 2. The average Bonchev–Trinajstić information content (AvgIpc) is 2.42. The summed E-state index contributed by atoms with van der Waals surface area (Å²) in [6, 6.07) is 0.0474. The van der Waals surface area contributed by atoms with E-state index in [1.807, 2.05) is 0 Å². The van der Waals surface area contributed by atoms with Gasteiger partial charge < -0.3 is 15.5 Å². The molecule has 1 atom stereocenters. The van der Waals surface area contributed by atoms with E-state index in [2.05, 4.69) is 27.5 Å². The highest BCUT2D eigenvalue weighted by molar-refractivity contribution is 5.81. The van der Waals surface area contributed by atoms with Crippen molar-refractivity contribution >= 4 is 5.91 Å². The van der Waals surface area contributed by atoms with Crippen LogP contribution in [0.3, 0.4) is 0 Å². The van der Waals surface area contributed by atoms with E-state index < -0.39 is 0 Å². The lowest BCUT2D eigenvalue weighted by atomic mass is 10.0. The Morgan fingerprint density at radius 2 is 2.06 bits per heavy atom. The van der Waals surface area contributed by atoms with Crippen molar-refractivity contribution in [2.75, 3.05) is 52.9 Å². The molecule has 0 aromatic heterocycles. The largest absolute Gasteiger partial charge is 0.353 e. The van der Waals surface area contributed by atoms with E-state index in [1.54, 1.807) is 0 Å². The second-order valence-electron chi connectivity index (χ2n) is 5.44. The Morgan fingerprint density at radius 3 is 2.72 bits per heavy atom. The number of piperazine rings is 1. The van der Waals surface area contributed by atoms with Crippen LogP contribution in [0.1, 0.15) is 19.3 Å². The van der Waals surface area contributed by atoms with Gasteiger partial charge in [0.2, 0.25) is 5.91 Å². The van der Waals surface area contributed by atoms with E-state index in [0.29, 0.717) is 0 Å². The second kappa shape index (κ2) is 7.07. The van der Waals surface area contributed by atoms with Gasteiger partial charge in [-0.3, -0.25) is 9.69 Å². The molecule has 0 aliphatic carbocycles. The van der Waals surface area contributed by atoms with Crippen LogP contribution in [0.25, 0.3) is 0 Å². The summed E-state index contributed by atoms with van der Waals surface area (Å²) in [5.74, 6) is 0.184. The van der Waals surface area contributed by atoms with Crippen molar-refractivity contribution in [1.82, 2.24) is 20.4 Å². The maximum atomic E-state index is 11.9. The highest BCUT2D eigenvalue weighted by Crippen LogP contribution is 2.06. The Bertz CT molecular complexity index is 258. The maximum absolute atomic E-state index is 11.9. The number of nitrogens with one attached hydrogen (secondary N) is 2. The van der Waals surface area contributed by atoms with Gasteiger partial charge in [-0.2, -0.15) is 0 Å². The van der Waals surface area contributed by atoms with Gasteiger partial charge in [0.25, 0.3) is 0 Å². The van der Waals surface area contributed by atoms with Crippen molar-refractivity contribution in [2.24, 2.45) is 0 Å². The first-order chi connectivity index (χ1) is 8.75. The maximum Gasteiger partial charge on any atom is 0.237 e. The van der Waals surface area contributed by atoms with Crippen LogP contribution in [0, 0.1) is 0 Å². The SMILES string of the molecule is CN1CCN(CCNC(=O)[C@@H]2CCCCN2)CC1. The number of hydrogen-bond acceptors (Lipinski definition) is 4. The second-order valence-corrected chi connectivity index (χ2v) is 5.44. The van der Waals surface area contributed by atoms with Gasteiger partial charge in [-0.05, 0) is 26.4 Å². The molecule has 1 amide bonds. The molecule has 2 fully saturated rings. The molecule has 2 N–H and O–H groups in total. The van der Waals surface area contributed by atoms with Crippen molar-refractivity contribution < 1.29 is 4.79 Å². The Morgan fingerprint density at radius 1 is 1.28 bits per heavy atom. The fraction of sp³-hybridized carbons (Fsp3) is 0.923. The minimum Gasteiger partial charge on any atom is -0.353 e. The summed E-state index contributed by atoms with van der Waals surface area (Å²) in [4.78, 5) is 16.7. The molecule has 18 heavy (non-hydrogen) atoms.